The zero-order chi connectivity index (χ0) is 18.1. The van der Waals surface area contributed by atoms with Gasteiger partial charge < -0.3 is 10.1 Å². The zero-order valence-electron chi connectivity index (χ0n) is 14.9. The largest absolute Gasteiger partial charge is 0.462 e. The lowest BCUT2D eigenvalue weighted by atomic mass is 10.0. The lowest BCUT2D eigenvalue weighted by Gasteiger charge is -2.20. The predicted octanol–water partition coefficient (Wildman–Crippen LogP) is 4.74. The van der Waals surface area contributed by atoms with Gasteiger partial charge in [0.05, 0.1) is 18.0 Å². The Balaban J connectivity index is 1.73. The number of aryl methyl sites for hydroxylation is 1. The SMILES string of the molecule is CCOC(=O)c1sc2ncnc(NC(c3ccccc3)C3CC3)c2c1C. The molecule has 0 radical (unpaired) electrons. The van der Waals surface area contributed by atoms with E-state index in [1.165, 1.54) is 29.7 Å². The van der Waals surface area contributed by atoms with Gasteiger partial charge in [-0.25, -0.2) is 14.8 Å². The van der Waals surface area contributed by atoms with E-state index in [-0.39, 0.29) is 12.0 Å². The Kier molecular flexibility index (Phi) is 4.59. The van der Waals surface area contributed by atoms with Crippen LogP contribution in [0.5, 0.6) is 0 Å². The molecular formula is C20H21N3O2S. The molecule has 4 rings (SSSR count). The van der Waals surface area contributed by atoms with Gasteiger partial charge in [-0.05, 0) is 43.7 Å². The number of fused-ring (bicyclic) bond motifs is 1. The molecule has 1 saturated carbocycles. The molecule has 1 N–H and O–H groups in total. The van der Waals surface area contributed by atoms with E-state index in [4.69, 9.17) is 4.74 Å². The molecule has 1 atom stereocenters. The number of hydrogen-bond acceptors (Lipinski definition) is 6. The molecule has 2 heterocycles. The Labute approximate surface area is 156 Å². The maximum Gasteiger partial charge on any atom is 0.348 e. The van der Waals surface area contributed by atoms with Gasteiger partial charge >= 0.3 is 5.97 Å². The van der Waals surface area contributed by atoms with Gasteiger partial charge in [0.1, 0.15) is 21.9 Å². The quantitative estimate of drug-likeness (QED) is 0.638. The van der Waals surface area contributed by atoms with E-state index in [1.807, 2.05) is 19.9 Å². The smallest absolute Gasteiger partial charge is 0.348 e. The Morgan fingerprint density at radius 2 is 2.08 bits per heavy atom. The predicted molar refractivity (Wildman–Crippen MR) is 104 cm³/mol. The topological polar surface area (TPSA) is 64.1 Å². The van der Waals surface area contributed by atoms with Crippen LogP contribution in [0.2, 0.25) is 0 Å². The summed E-state index contributed by atoms with van der Waals surface area (Å²) in [6.07, 6.45) is 4.00. The first-order valence-corrected chi connectivity index (χ1v) is 9.73. The van der Waals surface area contributed by atoms with E-state index in [1.54, 1.807) is 6.33 Å². The second-order valence-corrected chi connectivity index (χ2v) is 7.55. The average Bonchev–Trinajstić information content (AvgIpc) is 3.44. The second kappa shape index (κ2) is 7.03. The maximum atomic E-state index is 12.2. The van der Waals surface area contributed by atoms with Gasteiger partial charge in [-0.3, -0.25) is 0 Å². The van der Waals surface area contributed by atoms with Crippen LogP contribution >= 0.6 is 11.3 Å². The molecule has 134 valence electrons. The molecule has 0 spiro atoms. The minimum Gasteiger partial charge on any atom is -0.462 e. The van der Waals surface area contributed by atoms with Crippen molar-refractivity contribution in [2.24, 2.45) is 5.92 Å². The fraction of sp³-hybridized carbons (Fsp3) is 0.350. The summed E-state index contributed by atoms with van der Waals surface area (Å²) in [6, 6.07) is 10.7. The van der Waals surface area contributed by atoms with Crippen molar-refractivity contribution in [3.8, 4) is 0 Å². The van der Waals surface area contributed by atoms with E-state index in [0.29, 0.717) is 17.4 Å². The van der Waals surface area contributed by atoms with Crippen LogP contribution < -0.4 is 5.32 Å². The first-order valence-electron chi connectivity index (χ1n) is 8.91. The van der Waals surface area contributed by atoms with Crippen molar-refractivity contribution >= 4 is 33.3 Å². The number of nitrogens with one attached hydrogen (secondary N) is 1. The summed E-state index contributed by atoms with van der Waals surface area (Å²) in [7, 11) is 0. The van der Waals surface area contributed by atoms with Gasteiger partial charge in [-0.15, -0.1) is 11.3 Å². The summed E-state index contributed by atoms with van der Waals surface area (Å²) in [4.78, 5) is 22.5. The average molecular weight is 367 g/mol. The molecular weight excluding hydrogens is 346 g/mol. The van der Waals surface area contributed by atoms with Crippen molar-refractivity contribution in [3.05, 3.63) is 52.7 Å². The highest BCUT2D eigenvalue weighted by Gasteiger charge is 2.33. The molecule has 3 aromatic rings. The third kappa shape index (κ3) is 3.17. The van der Waals surface area contributed by atoms with E-state index in [0.717, 1.165) is 21.6 Å². The van der Waals surface area contributed by atoms with E-state index in [9.17, 15) is 4.79 Å². The summed E-state index contributed by atoms with van der Waals surface area (Å²) in [5.41, 5.74) is 2.15. The first-order chi connectivity index (χ1) is 12.7. The Morgan fingerprint density at radius 3 is 2.77 bits per heavy atom. The molecule has 2 aromatic heterocycles. The number of rotatable bonds is 6. The molecule has 5 nitrogen and oxygen atoms in total. The summed E-state index contributed by atoms with van der Waals surface area (Å²) in [5, 5.41) is 4.55. The Hall–Kier alpha value is -2.47. The summed E-state index contributed by atoms with van der Waals surface area (Å²) in [6.45, 7) is 4.11. The fourth-order valence-corrected chi connectivity index (χ4v) is 4.33. The molecule has 1 aromatic carbocycles. The zero-order valence-corrected chi connectivity index (χ0v) is 15.7. The van der Waals surface area contributed by atoms with Crippen LogP contribution in [0.3, 0.4) is 0 Å². The van der Waals surface area contributed by atoms with E-state index in [2.05, 4.69) is 39.6 Å². The molecule has 26 heavy (non-hydrogen) atoms. The molecule has 0 bridgehead atoms. The fourth-order valence-electron chi connectivity index (χ4n) is 3.28. The molecule has 1 aliphatic rings. The van der Waals surface area contributed by atoms with Crippen LogP contribution in [0.15, 0.2) is 36.7 Å². The number of ether oxygens (including phenoxy) is 1. The summed E-state index contributed by atoms with van der Waals surface area (Å²) >= 11 is 1.37. The lowest BCUT2D eigenvalue weighted by Crippen LogP contribution is -2.14. The van der Waals surface area contributed by atoms with Crippen LogP contribution in [-0.4, -0.2) is 22.5 Å². The van der Waals surface area contributed by atoms with Gasteiger partial charge in [-0.1, -0.05) is 30.3 Å². The minimum atomic E-state index is -0.291. The highest BCUT2D eigenvalue weighted by Crippen LogP contribution is 2.44. The van der Waals surface area contributed by atoms with Crippen molar-refractivity contribution in [1.29, 1.82) is 0 Å². The number of thiophene rings is 1. The Morgan fingerprint density at radius 1 is 1.31 bits per heavy atom. The summed E-state index contributed by atoms with van der Waals surface area (Å²) < 4.78 is 5.18. The monoisotopic (exact) mass is 367 g/mol. The third-order valence-corrected chi connectivity index (χ3v) is 5.91. The molecule has 1 fully saturated rings. The molecule has 1 aliphatic carbocycles. The number of anilines is 1. The maximum absolute atomic E-state index is 12.2. The van der Waals surface area contributed by atoms with E-state index >= 15 is 0 Å². The van der Waals surface area contributed by atoms with Gasteiger partial charge in [0.2, 0.25) is 0 Å². The van der Waals surface area contributed by atoms with Gasteiger partial charge in [-0.2, -0.15) is 0 Å². The molecule has 0 amide bonds. The van der Waals surface area contributed by atoms with Crippen molar-refractivity contribution in [1.82, 2.24) is 9.97 Å². The van der Waals surface area contributed by atoms with Gasteiger partial charge in [0, 0.05) is 0 Å². The Bertz CT molecular complexity index is 935. The summed E-state index contributed by atoms with van der Waals surface area (Å²) in [5.74, 6) is 1.12. The van der Waals surface area contributed by atoms with Crippen LogP contribution in [0.1, 0.15) is 46.6 Å². The third-order valence-electron chi connectivity index (χ3n) is 4.73. The lowest BCUT2D eigenvalue weighted by molar-refractivity contribution is 0.0531. The van der Waals surface area contributed by atoms with Crippen LogP contribution in [-0.2, 0) is 4.74 Å². The highest BCUT2D eigenvalue weighted by molar-refractivity contribution is 7.20. The van der Waals surface area contributed by atoms with Crippen molar-refractivity contribution in [2.45, 2.75) is 32.7 Å². The number of nitrogens with zero attached hydrogens (tertiary/aromatic N) is 2. The molecule has 1 unspecified atom stereocenters. The van der Waals surface area contributed by atoms with Crippen molar-refractivity contribution in [3.63, 3.8) is 0 Å². The number of benzene rings is 1. The minimum absolute atomic E-state index is 0.222. The number of carbonyl (C=O) groups excluding carboxylic acids is 1. The van der Waals surface area contributed by atoms with Crippen LogP contribution in [0.4, 0.5) is 5.82 Å². The molecule has 0 saturated heterocycles. The highest BCUT2D eigenvalue weighted by atomic mass is 32.1. The van der Waals surface area contributed by atoms with Gasteiger partial charge in [0.25, 0.3) is 0 Å². The molecule has 6 heteroatoms. The molecule has 0 aliphatic heterocycles. The van der Waals surface area contributed by atoms with E-state index < -0.39 is 0 Å². The normalized spacial score (nSPS) is 15.0. The number of hydrogen-bond donors (Lipinski definition) is 1. The first kappa shape index (κ1) is 17.0. The second-order valence-electron chi connectivity index (χ2n) is 6.55. The van der Waals surface area contributed by atoms with Gasteiger partial charge in [0.15, 0.2) is 0 Å². The van der Waals surface area contributed by atoms with Crippen molar-refractivity contribution in [2.75, 3.05) is 11.9 Å². The number of esters is 1. The number of aromatic nitrogens is 2. The van der Waals surface area contributed by atoms with Crippen molar-refractivity contribution < 1.29 is 9.53 Å². The number of carbonyl (C=O) groups is 1. The standard InChI is InChI=1S/C20H21N3O2S/c1-3-25-20(24)17-12(2)15-18(21-11-22-19(15)26-17)23-16(14-9-10-14)13-7-5-4-6-8-13/h4-8,11,14,16H,3,9-10H2,1-2H3,(H,21,22,23). The van der Waals surface area contributed by atoms with Crippen LogP contribution in [0, 0.1) is 12.8 Å². The van der Waals surface area contributed by atoms with Crippen LogP contribution in [0.25, 0.3) is 10.2 Å².